The Kier molecular flexibility index (Phi) is 4.59. The van der Waals surface area contributed by atoms with E-state index in [0.29, 0.717) is 10.4 Å². The molecule has 8 heteroatoms. The van der Waals surface area contributed by atoms with Crippen molar-refractivity contribution in [3.05, 3.63) is 61.4 Å². The van der Waals surface area contributed by atoms with E-state index in [1.54, 1.807) is 30.3 Å². The highest BCUT2D eigenvalue weighted by Crippen LogP contribution is 2.22. The van der Waals surface area contributed by atoms with E-state index in [2.05, 4.69) is 26.5 Å². The molecule has 1 heterocycles. The SMILES string of the molecule is O=C(N/N=C\c1ccc([N+](=O)[O-])s1)c1ccc(Br)cc1. The summed E-state index contributed by atoms with van der Waals surface area (Å²) in [7, 11) is 0. The molecule has 0 aliphatic heterocycles. The van der Waals surface area contributed by atoms with Gasteiger partial charge in [-0.3, -0.25) is 14.9 Å². The van der Waals surface area contributed by atoms with E-state index in [-0.39, 0.29) is 10.9 Å². The van der Waals surface area contributed by atoms with E-state index in [1.807, 2.05) is 0 Å². The van der Waals surface area contributed by atoms with Gasteiger partial charge in [-0.2, -0.15) is 5.10 Å². The summed E-state index contributed by atoms with van der Waals surface area (Å²) in [6, 6.07) is 9.78. The van der Waals surface area contributed by atoms with Crippen molar-refractivity contribution in [2.75, 3.05) is 0 Å². The zero-order chi connectivity index (χ0) is 14.5. The number of amides is 1. The summed E-state index contributed by atoms with van der Waals surface area (Å²) >= 11 is 4.26. The first-order valence-corrected chi connectivity index (χ1v) is 7.00. The van der Waals surface area contributed by atoms with Crippen molar-refractivity contribution in [2.24, 2.45) is 5.10 Å². The van der Waals surface area contributed by atoms with Gasteiger partial charge in [0.2, 0.25) is 0 Å². The van der Waals surface area contributed by atoms with Gasteiger partial charge < -0.3 is 0 Å². The summed E-state index contributed by atoms with van der Waals surface area (Å²) in [5, 5.41) is 14.3. The monoisotopic (exact) mass is 353 g/mol. The van der Waals surface area contributed by atoms with E-state index < -0.39 is 4.92 Å². The largest absolute Gasteiger partial charge is 0.324 e. The summed E-state index contributed by atoms with van der Waals surface area (Å²) in [5.74, 6) is -0.347. The number of rotatable bonds is 4. The quantitative estimate of drug-likeness (QED) is 0.520. The van der Waals surface area contributed by atoms with Crippen LogP contribution in [0.25, 0.3) is 0 Å². The number of thiophene rings is 1. The maximum atomic E-state index is 11.7. The summed E-state index contributed by atoms with van der Waals surface area (Å²) in [6.45, 7) is 0. The molecular formula is C12H8BrN3O3S. The average molecular weight is 354 g/mol. The lowest BCUT2D eigenvalue weighted by molar-refractivity contribution is -0.380. The number of nitrogens with zero attached hydrogens (tertiary/aromatic N) is 2. The number of hydrogen-bond acceptors (Lipinski definition) is 5. The minimum Gasteiger partial charge on any atom is -0.267 e. The van der Waals surface area contributed by atoms with Crippen LogP contribution in [0.3, 0.4) is 0 Å². The third-order valence-corrected chi connectivity index (χ3v) is 3.76. The van der Waals surface area contributed by atoms with Crippen LogP contribution < -0.4 is 5.43 Å². The summed E-state index contributed by atoms with van der Waals surface area (Å²) < 4.78 is 0.878. The molecular weight excluding hydrogens is 346 g/mol. The molecule has 0 aliphatic rings. The maximum absolute atomic E-state index is 11.7. The molecule has 0 saturated heterocycles. The van der Waals surface area contributed by atoms with Crippen LogP contribution in [0.5, 0.6) is 0 Å². The van der Waals surface area contributed by atoms with Crippen LogP contribution in [0.2, 0.25) is 0 Å². The fourth-order valence-electron chi connectivity index (χ4n) is 1.33. The first-order chi connectivity index (χ1) is 9.56. The van der Waals surface area contributed by atoms with Gasteiger partial charge in [-0.25, -0.2) is 5.43 Å². The Morgan fingerprint density at radius 1 is 1.30 bits per heavy atom. The summed E-state index contributed by atoms with van der Waals surface area (Å²) in [5.41, 5.74) is 2.83. The molecule has 0 atom stereocenters. The van der Waals surface area contributed by atoms with Crippen LogP contribution in [0.1, 0.15) is 15.2 Å². The molecule has 0 unspecified atom stereocenters. The second-order valence-electron chi connectivity index (χ2n) is 3.64. The third-order valence-electron chi connectivity index (χ3n) is 2.26. The molecule has 0 bridgehead atoms. The third kappa shape index (κ3) is 3.72. The average Bonchev–Trinajstić information content (AvgIpc) is 2.88. The fraction of sp³-hybridized carbons (Fsp3) is 0. The van der Waals surface area contributed by atoms with E-state index in [0.717, 1.165) is 15.8 Å². The number of carbonyl (C=O) groups is 1. The lowest BCUT2D eigenvalue weighted by atomic mass is 10.2. The summed E-state index contributed by atoms with van der Waals surface area (Å²) in [4.78, 5) is 22.3. The minimum atomic E-state index is -0.470. The lowest BCUT2D eigenvalue weighted by Crippen LogP contribution is -2.17. The second kappa shape index (κ2) is 6.40. The topological polar surface area (TPSA) is 84.6 Å². The number of benzene rings is 1. The molecule has 1 aromatic carbocycles. The second-order valence-corrected chi connectivity index (χ2v) is 5.65. The van der Waals surface area contributed by atoms with Crippen LogP contribution in [-0.4, -0.2) is 17.0 Å². The minimum absolute atomic E-state index is 0.0330. The van der Waals surface area contributed by atoms with Crippen LogP contribution in [0.4, 0.5) is 5.00 Å². The van der Waals surface area contributed by atoms with Gasteiger partial charge in [0.05, 0.1) is 16.0 Å². The predicted octanol–water partition coefficient (Wildman–Crippen LogP) is 3.18. The molecule has 20 heavy (non-hydrogen) atoms. The van der Waals surface area contributed by atoms with Crippen molar-refractivity contribution in [1.82, 2.24) is 5.43 Å². The Labute approximate surface area is 126 Å². The number of hydrogen-bond donors (Lipinski definition) is 1. The van der Waals surface area contributed by atoms with Gasteiger partial charge in [-0.15, -0.1) is 0 Å². The van der Waals surface area contributed by atoms with Crippen LogP contribution in [0, 0.1) is 10.1 Å². The Morgan fingerprint density at radius 2 is 2.00 bits per heavy atom. The van der Waals surface area contributed by atoms with E-state index in [1.165, 1.54) is 12.3 Å². The lowest BCUT2D eigenvalue weighted by Gasteiger charge is -1.99. The Morgan fingerprint density at radius 3 is 2.60 bits per heavy atom. The first kappa shape index (κ1) is 14.4. The number of hydrazone groups is 1. The van der Waals surface area contributed by atoms with Gasteiger partial charge in [0.15, 0.2) is 0 Å². The number of halogens is 1. The molecule has 0 radical (unpaired) electrons. The van der Waals surface area contributed by atoms with Gasteiger partial charge in [-0.05, 0) is 30.3 Å². The number of nitrogens with one attached hydrogen (secondary N) is 1. The van der Waals surface area contributed by atoms with Gasteiger partial charge in [-0.1, -0.05) is 27.3 Å². The molecule has 2 rings (SSSR count). The molecule has 1 aromatic heterocycles. The molecule has 102 valence electrons. The highest BCUT2D eigenvalue weighted by atomic mass is 79.9. The van der Waals surface area contributed by atoms with E-state index in [9.17, 15) is 14.9 Å². The van der Waals surface area contributed by atoms with Crippen LogP contribution >= 0.6 is 27.3 Å². The molecule has 0 aliphatic carbocycles. The number of carbonyl (C=O) groups excluding carboxylic acids is 1. The first-order valence-electron chi connectivity index (χ1n) is 5.39. The van der Waals surface area contributed by atoms with Gasteiger partial charge in [0.25, 0.3) is 5.91 Å². The zero-order valence-electron chi connectivity index (χ0n) is 9.95. The van der Waals surface area contributed by atoms with Crippen LogP contribution in [-0.2, 0) is 0 Å². The highest BCUT2D eigenvalue weighted by Gasteiger charge is 2.08. The van der Waals surface area contributed by atoms with Crippen molar-refractivity contribution in [1.29, 1.82) is 0 Å². The van der Waals surface area contributed by atoms with Crippen molar-refractivity contribution in [3.8, 4) is 0 Å². The van der Waals surface area contributed by atoms with Gasteiger partial charge in [0.1, 0.15) is 0 Å². The van der Waals surface area contributed by atoms with Gasteiger partial charge >= 0.3 is 5.00 Å². The normalized spacial score (nSPS) is 10.7. The van der Waals surface area contributed by atoms with E-state index in [4.69, 9.17) is 0 Å². The summed E-state index contributed by atoms with van der Waals surface area (Å²) in [6.07, 6.45) is 1.37. The molecule has 0 fully saturated rings. The van der Waals surface area contributed by atoms with E-state index >= 15 is 0 Å². The predicted molar refractivity (Wildman–Crippen MR) is 80.2 cm³/mol. The zero-order valence-corrected chi connectivity index (χ0v) is 12.3. The molecule has 6 nitrogen and oxygen atoms in total. The molecule has 1 amide bonds. The Bertz CT molecular complexity index is 667. The highest BCUT2D eigenvalue weighted by molar-refractivity contribution is 9.10. The smallest absolute Gasteiger partial charge is 0.267 e. The Balaban J connectivity index is 1.97. The van der Waals surface area contributed by atoms with Gasteiger partial charge in [0, 0.05) is 16.1 Å². The fourth-order valence-corrected chi connectivity index (χ4v) is 2.29. The maximum Gasteiger partial charge on any atom is 0.324 e. The molecule has 0 saturated carbocycles. The van der Waals surface area contributed by atoms with Crippen molar-refractivity contribution < 1.29 is 9.72 Å². The van der Waals surface area contributed by atoms with Crippen LogP contribution in [0.15, 0.2) is 46.0 Å². The molecule has 0 spiro atoms. The standard InChI is InChI=1S/C12H8BrN3O3S/c13-9-3-1-8(2-4-9)12(17)15-14-7-10-5-6-11(20-10)16(18)19/h1-7H,(H,15,17)/b14-7-. The van der Waals surface area contributed by atoms with Crippen molar-refractivity contribution >= 4 is 44.4 Å². The molecule has 1 N–H and O–H groups in total. The van der Waals surface area contributed by atoms with Crippen molar-refractivity contribution in [2.45, 2.75) is 0 Å². The number of nitro groups is 1. The van der Waals surface area contributed by atoms with Crippen molar-refractivity contribution in [3.63, 3.8) is 0 Å². The Hall–Kier alpha value is -2.06. The molecule has 2 aromatic rings.